The highest BCUT2D eigenvalue weighted by atomic mass is 16.6. The number of nitrogens with one attached hydrogen (secondary N) is 1. The number of anilines is 1. The predicted molar refractivity (Wildman–Crippen MR) is 78.1 cm³/mol. The molecule has 0 aliphatic carbocycles. The Kier molecular flexibility index (Phi) is 5.57. The lowest BCUT2D eigenvalue weighted by Crippen LogP contribution is -2.24. The van der Waals surface area contributed by atoms with Gasteiger partial charge in [-0.2, -0.15) is 0 Å². The summed E-state index contributed by atoms with van der Waals surface area (Å²) in [5, 5.41) is 2.86. The Morgan fingerprint density at radius 2 is 2.33 bits per heavy atom. The van der Waals surface area contributed by atoms with Crippen molar-refractivity contribution in [3.05, 3.63) is 29.8 Å². The smallest absolute Gasteiger partial charge is 0.414 e. The number of nitrogens with zero attached hydrogens (tertiary/aromatic N) is 1. The third-order valence-corrected chi connectivity index (χ3v) is 3.23. The molecule has 0 saturated carbocycles. The summed E-state index contributed by atoms with van der Waals surface area (Å²) in [5.41, 5.74) is 1.75. The Bertz CT molecular complexity index is 504. The summed E-state index contributed by atoms with van der Waals surface area (Å²) >= 11 is 0. The van der Waals surface area contributed by atoms with Gasteiger partial charge in [0, 0.05) is 32.4 Å². The van der Waals surface area contributed by atoms with Gasteiger partial charge in [-0.3, -0.25) is 9.69 Å². The van der Waals surface area contributed by atoms with Crippen LogP contribution in [0.4, 0.5) is 10.5 Å². The molecule has 6 nitrogen and oxygen atoms in total. The zero-order valence-electron chi connectivity index (χ0n) is 12.1. The number of hydrogen-bond donors (Lipinski definition) is 1. The van der Waals surface area contributed by atoms with Crippen molar-refractivity contribution in [1.29, 1.82) is 0 Å². The van der Waals surface area contributed by atoms with E-state index in [9.17, 15) is 9.59 Å². The van der Waals surface area contributed by atoms with Crippen LogP contribution in [0, 0.1) is 0 Å². The summed E-state index contributed by atoms with van der Waals surface area (Å²) in [6, 6.07) is 7.53. The number of ether oxygens (including phenoxy) is 2. The molecular formula is C15H20N2O4. The minimum atomic E-state index is -0.323. The van der Waals surface area contributed by atoms with Crippen molar-refractivity contribution in [2.45, 2.75) is 19.4 Å². The number of carbonyl (C=O) groups is 2. The van der Waals surface area contributed by atoms with Gasteiger partial charge in [0.2, 0.25) is 5.91 Å². The van der Waals surface area contributed by atoms with E-state index in [0.29, 0.717) is 39.1 Å². The van der Waals surface area contributed by atoms with Crippen LogP contribution in [0.25, 0.3) is 0 Å². The topological polar surface area (TPSA) is 67.9 Å². The molecule has 1 aromatic carbocycles. The van der Waals surface area contributed by atoms with Crippen LogP contribution in [0.3, 0.4) is 0 Å². The zero-order valence-corrected chi connectivity index (χ0v) is 12.1. The van der Waals surface area contributed by atoms with Gasteiger partial charge >= 0.3 is 6.09 Å². The van der Waals surface area contributed by atoms with Gasteiger partial charge < -0.3 is 14.8 Å². The molecule has 1 fully saturated rings. The second-order valence-electron chi connectivity index (χ2n) is 4.81. The fourth-order valence-corrected chi connectivity index (χ4v) is 2.13. The van der Waals surface area contributed by atoms with Gasteiger partial charge in [0.15, 0.2) is 0 Å². The summed E-state index contributed by atoms with van der Waals surface area (Å²) < 4.78 is 9.83. The molecule has 0 spiro atoms. The quantitative estimate of drug-likeness (QED) is 0.776. The average Bonchev–Trinajstić information content (AvgIpc) is 2.92. The van der Waals surface area contributed by atoms with Crippen molar-refractivity contribution in [2.75, 3.05) is 31.8 Å². The molecule has 1 aromatic rings. The molecule has 21 heavy (non-hydrogen) atoms. The maximum atomic E-state index is 11.6. The minimum Gasteiger partial charge on any atom is -0.447 e. The van der Waals surface area contributed by atoms with Gasteiger partial charge in [-0.1, -0.05) is 12.1 Å². The Labute approximate surface area is 124 Å². The number of cyclic esters (lactones) is 1. The first-order valence-electron chi connectivity index (χ1n) is 6.99. The van der Waals surface area contributed by atoms with Crippen LogP contribution < -0.4 is 10.2 Å². The summed E-state index contributed by atoms with van der Waals surface area (Å²) in [5.74, 6) is -0.00182. The normalized spacial score (nSPS) is 14.1. The molecule has 1 aliphatic heterocycles. The lowest BCUT2D eigenvalue weighted by atomic mass is 10.2. The van der Waals surface area contributed by atoms with Crippen molar-refractivity contribution < 1.29 is 19.1 Å². The SMILES string of the molecule is COCCCC(=O)NCc1cccc(N2CCOC2=O)c1. The van der Waals surface area contributed by atoms with Crippen LogP contribution in [0.5, 0.6) is 0 Å². The van der Waals surface area contributed by atoms with Gasteiger partial charge in [0.05, 0.1) is 6.54 Å². The fraction of sp³-hybridized carbons (Fsp3) is 0.467. The van der Waals surface area contributed by atoms with Crippen molar-refractivity contribution in [3.8, 4) is 0 Å². The molecule has 0 unspecified atom stereocenters. The van der Waals surface area contributed by atoms with E-state index < -0.39 is 0 Å². The number of rotatable bonds is 7. The largest absolute Gasteiger partial charge is 0.447 e. The molecule has 114 valence electrons. The second kappa shape index (κ2) is 7.64. The number of hydrogen-bond acceptors (Lipinski definition) is 4. The molecule has 0 radical (unpaired) electrons. The number of benzene rings is 1. The highest BCUT2D eigenvalue weighted by Crippen LogP contribution is 2.19. The first kappa shape index (κ1) is 15.3. The van der Waals surface area contributed by atoms with Gasteiger partial charge in [-0.15, -0.1) is 0 Å². The maximum Gasteiger partial charge on any atom is 0.414 e. The second-order valence-corrected chi connectivity index (χ2v) is 4.81. The van der Waals surface area contributed by atoms with E-state index in [0.717, 1.165) is 11.3 Å². The average molecular weight is 292 g/mol. The third-order valence-electron chi connectivity index (χ3n) is 3.23. The summed E-state index contributed by atoms with van der Waals surface area (Å²) in [6.45, 7) is 2.01. The summed E-state index contributed by atoms with van der Waals surface area (Å²) in [7, 11) is 1.62. The molecular weight excluding hydrogens is 272 g/mol. The van der Waals surface area contributed by atoms with E-state index in [1.807, 2.05) is 24.3 Å². The van der Waals surface area contributed by atoms with Crippen molar-refractivity contribution in [3.63, 3.8) is 0 Å². The zero-order chi connectivity index (χ0) is 15.1. The molecule has 6 heteroatoms. The molecule has 1 heterocycles. The number of carbonyl (C=O) groups excluding carboxylic acids is 2. The first-order valence-corrected chi connectivity index (χ1v) is 6.99. The lowest BCUT2D eigenvalue weighted by Gasteiger charge is -2.14. The number of methoxy groups -OCH3 is 1. The maximum absolute atomic E-state index is 11.6. The highest BCUT2D eigenvalue weighted by molar-refractivity contribution is 5.89. The Hall–Kier alpha value is -2.08. The van der Waals surface area contributed by atoms with Gasteiger partial charge in [-0.25, -0.2) is 4.79 Å². The van der Waals surface area contributed by atoms with Gasteiger partial charge in [0.25, 0.3) is 0 Å². The minimum absolute atomic E-state index is 0.00182. The first-order chi connectivity index (χ1) is 10.2. The van der Waals surface area contributed by atoms with Crippen LogP contribution in [0.15, 0.2) is 24.3 Å². The predicted octanol–water partition coefficient (Wildman–Crippen LogP) is 1.69. The molecule has 2 amide bonds. The standard InChI is InChI=1S/C15H20N2O4/c1-20-8-3-6-14(18)16-11-12-4-2-5-13(10-12)17-7-9-21-15(17)19/h2,4-5,10H,3,6-9,11H2,1H3,(H,16,18). The lowest BCUT2D eigenvalue weighted by molar-refractivity contribution is -0.121. The van der Waals surface area contributed by atoms with Gasteiger partial charge in [0.1, 0.15) is 6.61 Å². The molecule has 0 aromatic heterocycles. The third kappa shape index (κ3) is 4.46. The van der Waals surface area contributed by atoms with E-state index in [-0.39, 0.29) is 12.0 Å². The van der Waals surface area contributed by atoms with E-state index in [2.05, 4.69) is 5.32 Å². The van der Waals surface area contributed by atoms with Crippen LogP contribution >= 0.6 is 0 Å². The molecule has 1 N–H and O–H groups in total. The number of amides is 2. The molecule has 2 rings (SSSR count). The van der Waals surface area contributed by atoms with Crippen LogP contribution in [0.1, 0.15) is 18.4 Å². The van der Waals surface area contributed by atoms with E-state index >= 15 is 0 Å². The summed E-state index contributed by atoms with van der Waals surface area (Å²) in [4.78, 5) is 24.7. The Morgan fingerprint density at radius 3 is 3.05 bits per heavy atom. The van der Waals surface area contributed by atoms with Crippen molar-refractivity contribution in [1.82, 2.24) is 5.32 Å². The fourth-order valence-electron chi connectivity index (χ4n) is 2.13. The van der Waals surface area contributed by atoms with Crippen LogP contribution in [0.2, 0.25) is 0 Å². The monoisotopic (exact) mass is 292 g/mol. The van der Waals surface area contributed by atoms with E-state index in [1.165, 1.54) is 0 Å². The molecule has 1 saturated heterocycles. The van der Waals surface area contributed by atoms with Crippen molar-refractivity contribution in [2.24, 2.45) is 0 Å². The Morgan fingerprint density at radius 1 is 1.48 bits per heavy atom. The molecule has 0 atom stereocenters. The van der Waals surface area contributed by atoms with Crippen molar-refractivity contribution >= 4 is 17.7 Å². The molecule has 0 bridgehead atoms. The Balaban J connectivity index is 1.86. The molecule has 1 aliphatic rings. The van der Waals surface area contributed by atoms with E-state index in [4.69, 9.17) is 9.47 Å². The highest BCUT2D eigenvalue weighted by Gasteiger charge is 2.23. The van der Waals surface area contributed by atoms with Gasteiger partial charge in [-0.05, 0) is 24.1 Å². The van der Waals surface area contributed by atoms with Crippen LogP contribution in [-0.2, 0) is 20.8 Å². The van der Waals surface area contributed by atoms with E-state index in [1.54, 1.807) is 12.0 Å². The summed E-state index contributed by atoms with van der Waals surface area (Å²) in [6.07, 6.45) is 0.837. The van der Waals surface area contributed by atoms with Crippen LogP contribution in [-0.4, -0.2) is 38.9 Å².